The number of carbonyl (C=O) groups excluding carboxylic acids is 2. The van der Waals surface area contributed by atoms with Crippen LogP contribution in [0.2, 0.25) is 0 Å². The van der Waals surface area contributed by atoms with Gasteiger partial charge in [0.1, 0.15) is 0 Å². The van der Waals surface area contributed by atoms with Crippen molar-refractivity contribution in [2.45, 2.75) is 19.9 Å². The molecule has 3 rings (SSSR count). The maximum Gasteiger partial charge on any atom is 0.311 e. The molecule has 0 radical (unpaired) electrons. The molecular weight excluding hydrogens is 374 g/mol. The number of anilines is 2. The van der Waals surface area contributed by atoms with Crippen LogP contribution in [0.25, 0.3) is 0 Å². The Kier molecular flexibility index (Phi) is 6.39. The van der Waals surface area contributed by atoms with Crippen LogP contribution in [0, 0.1) is 6.92 Å². The first-order valence-electron chi connectivity index (χ1n) is 8.76. The molecule has 6 nitrogen and oxygen atoms in total. The molecule has 0 aliphatic heterocycles. The van der Waals surface area contributed by atoms with Gasteiger partial charge >= 0.3 is 5.97 Å². The van der Waals surface area contributed by atoms with E-state index in [1.165, 1.54) is 24.0 Å². The second-order valence-corrected chi connectivity index (χ2v) is 7.07. The summed E-state index contributed by atoms with van der Waals surface area (Å²) in [5.74, 6) is -0.601. The van der Waals surface area contributed by atoms with E-state index in [4.69, 9.17) is 0 Å². The third-order valence-electron chi connectivity index (χ3n) is 4.17. The highest BCUT2D eigenvalue weighted by Crippen LogP contribution is 2.18. The van der Waals surface area contributed by atoms with Crippen LogP contribution in [-0.2, 0) is 22.5 Å². The number of benzene rings is 2. The van der Waals surface area contributed by atoms with Crippen LogP contribution >= 0.6 is 11.3 Å². The van der Waals surface area contributed by atoms with Crippen molar-refractivity contribution in [2.75, 3.05) is 17.7 Å². The Morgan fingerprint density at radius 2 is 1.86 bits per heavy atom. The summed E-state index contributed by atoms with van der Waals surface area (Å²) in [4.78, 5) is 27.9. The number of aromatic nitrogens is 1. The molecule has 0 atom stereocenters. The van der Waals surface area contributed by atoms with Crippen molar-refractivity contribution in [1.29, 1.82) is 0 Å². The summed E-state index contributed by atoms with van der Waals surface area (Å²) in [7, 11) is 1.33. The third-order valence-corrected chi connectivity index (χ3v) is 4.98. The second kappa shape index (κ2) is 9.14. The van der Waals surface area contributed by atoms with Crippen molar-refractivity contribution in [3.63, 3.8) is 0 Å². The van der Waals surface area contributed by atoms with E-state index in [0.29, 0.717) is 22.9 Å². The summed E-state index contributed by atoms with van der Waals surface area (Å²) in [5, 5.41) is 8.33. The van der Waals surface area contributed by atoms with Crippen molar-refractivity contribution in [1.82, 2.24) is 4.98 Å². The zero-order chi connectivity index (χ0) is 19.9. The molecule has 0 aliphatic rings. The van der Waals surface area contributed by atoms with Gasteiger partial charge in [-0.3, -0.25) is 14.9 Å². The number of hydrogen-bond donors (Lipinski definition) is 2. The number of ether oxygens (including phenoxy) is 1. The molecule has 1 aromatic heterocycles. The van der Waals surface area contributed by atoms with Gasteiger partial charge in [0.05, 0.1) is 19.2 Å². The lowest BCUT2D eigenvalue weighted by molar-refractivity contribution is -0.139. The van der Waals surface area contributed by atoms with Crippen molar-refractivity contribution in [3.05, 3.63) is 76.3 Å². The minimum Gasteiger partial charge on any atom is -0.469 e. The fourth-order valence-electron chi connectivity index (χ4n) is 2.58. The number of para-hydroxylation sites is 1. The number of rotatable bonds is 7. The Balaban J connectivity index is 1.56. The minimum absolute atomic E-state index is 0.0887. The van der Waals surface area contributed by atoms with Gasteiger partial charge < -0.3 is 10.1 Å². The third kappa shape index (κ3) is 5.17. The van der Waals surface area contributed by atoms with Crippen LogP contribution < -0.4 is 10.6 Å². The maximum atomic E-state index is 12.4. The molecule has 2 N–H and O–H groups in total. The monoisotopic (exact) mass is 395 g/mol. The smallest absolute Gasteiger partial charge is 0.311 e. The molecule has 7 heteroatoms. The quantitative estimate of drug-likeness (QED) is 0.591. The van der Waals surface area contributed by atoms with Gasteiger partial charge in [-0.1, -0.05) is 30.3 Å². The lowest BCUT2D eigenvalue weighted by atomic mass is 10.1. The lowest BCUT2D eigenvalue weighted by Gasteiger charge is -2.09. The van der Waals surface area contributed by atoms with Crippen LogP contribution in [0.1, 0.15) is 27.2 Å². The van der Waals surface area contributed by atoms with Crippen LogP contribution in [0.15, 0.2) is 53.9 Å². The Hall–Kier alpha value is -3.19. The van der Waals surface area contributed by atoms with Crippen molar-refractivity contribution >= 4 is 34.0 Å². The van der Waals surface area contributed by atoms with E-state index >= 15 is 0 Å². The summed E-state index contributed by atoms with van der Waals surface area (Å²) >= 11 is 1.27. The second-order valence-electron chi connectivity index (χ2n) is 6.22. The Labute approximate surface area is 167 Å². The zero-order valence-corrected chi connectivity index (χ0v) is 16.5. The molecule has 28 heavy (non-hydrogen) atoms. The average molecular weight is 395 g/mol. The number of nitrogens with one attached hydrogen (secondary N) is 2. The fourth-order valence-corrected chi connectivity index (χ4v) is 3.28. The largest absolute Gasteiger partial charge is 0.469 e. The number of nitrogens with zero attached hydrogens (tertiary/aromatic N) is 1. The summed E-state index contributed by atoms with van der Waals surface area (Å²) < 4.78 is 4.61. The van der Waals surface area contributed by atoms with Gasteiger partial charge in [0, 0.05) is 23.2 Å². The first-order chi connectivity index (χ1) is 13.5. The topological polar surface area (TPSA) is 80.3 Å². The number of hydrogen-bond acceptors (Lipinski definition) is 6. The predicted molar refractivity (Wildman–Crippen MR) is 111 cm³/mol. The summed E-state index contributed by atoms with van der Waals surface area (Å²) in [6.07, 6.45) is 0.0887. The Morgan fingerprint density at radius 1 is 1.11 bits per heavy atom. The molecule has 0 fully saturated rings. The summed E-state index contributed by atoms with van der Waals surface area (Å²) in [6.45, 7) is 2.74. The number of amides is 1. The van der Waals surface area contributed by atoms with E-state index in [1.54, 1.807) is 17.5 Å². The fraction of sp³-hybridized carbons (Fsp3) is 0.190. The first-order valence-corrected chi connectivity index (χ1v) is 9.64. The van der Waals surface area contributed by atoms with Crippen LogP contribution in [0.5, 0.6) is 0 Å². The predicted octanol–water partition coefficient (Wildman–Crippen LogP) is 4.03. The number of thiazole rings is 1. The highest BCUT2D eigenvalue weighted by Gasteiger charge is 2.11. The van der Waals surface area contributed by atoms with E-state index in [1.807, 2.05) is 30.3 Å². The molecule has 1 amide bonds. The van der Waals surface area contributed by atoms with Crippen molar-refractivity contribution < 1.29 is 14.3 Å². The van der Waals surface area contributed by atoms with Gasteiger partial charge in [-0.25, -0.2) is 4.98 Å². The van der Waals surface area contributed by atoms with Gasteiger partial charge in [0.15, 0.2) is 5.13 Å². The normalized spacial score (nSPS) is 10.4. The highest BCUT2D eigenvalue weighted by atomic mass is 32.1. The molecule has 1 heterocycles. The number of aryl methyl sites for hydroxylation is 1. The number of methoxy groups -OCH3 is 1. The highest BCUT2D eigenvalue weighted by molar-refractivity contribution is 7.14. The molecule has 0 saturated carbocycles. The maximum absolute atomic E-state index is 12.4. The van der Waals surface area contributed by atoms with Crippen LogP contribution in [-0.4, -0.2) is 24.0 Å². The van der Waals surface area contributed by atoms with Crippen molar-refractivity contribution in [3.8, 4) is 0 Å². The summed E-state index contributed by atoms with van der Waals surface area (Å²) in [5.41, 5.74) is 4.48. The van der Waals surface area contributed by atoms with E-state index in [9.17, 15) is 9.59 Å². The molecule has 0 bridgehead atoms. The van der Waals surface area contributed by atoms with Gasteiger partial charge in [-0.15, -0.1) is 11.3 Å². The van der Waals surface area contributed by atoms with Gasteiger partial charge in [-0.05, 0) is 36.2 Å². The first kappa shape index (κ1) is 19.6. The van der Waals surface area contributed by atoms with Crippen LogP contribution in [0.4, 0.5) is 10.8 Å². The average Bonchev–Trinajstić information content (AvgIpc) is 3.14. The molecular formula is C21H21N3O3S. The molecule has 144 valence electrons. The van der Waals surface area contributed by atoms with E-state index < -0.39 is 0 Å². The number of esters is 1. The molecule has 2 aromatic carbocycles. The standard InChI is InChI=1S/C21H21N3O3S/c1-14-5-3-4-6-18(14)22-12-15-7-9-16(10-8-15)20(26)24-21-23-17(13-28-21)11-19(25)27-2/h3-10,13,22H,11-12H2,1-2H3,(H,23,24,26). The van der Waals surface area contributed by atoms with Crippen molar-refractivity contribution in [2.24, 2.45) is 0 Å². The molecule has 0 aliphatic carbocycles. The number of carbonyl (C=O) groups is 2. The van der Waals surface area contributed by atoms with E-state index in [0.717, 1.165) is 11.3 Å². The summed E-state index contributed by atoms with van der Waals surface area (Å²) in [6, 6.07) is 15.5. The van der Waals surface area contributed by atoms with Gasteiger partial charge in [-0.2, -0.15) is 0 Å². The van der Waals surface area contributed by atoms with Crippen LogP contribution in [0.3, 0.4) is 0 Å². The van der Waals surface area contributed by atoms with E-state index in [2.05, 4.69) is 33.3 Å². The molecule has 0 unspecified atom stereocenters. The van der Waals surface area contributed by atoms with Gasteiger partial charge in [0.2, 0.25) is 0 Å². The Morgan fingerprint density at radius 3 is 2.57 bits per heavy atom. The minimum atomic E-state index is -0.363. The van der Waals surface area contributed by atoms with Gasteiger partial charge in [0.25, 0.3) is 5.91 Å². The molecule has 3 aromatic rings. The van der Waals surface area contributed by atoms with E-state index in [-0.39, 0.29) is 18.3 Å². The molecule has 0 saturated heterocycles. The SMILES string of the molecule is COC(=O)Cc1csc(NC(=O)c2ccc(CNc3ccccc3C)cc2)n1. The molecule has 0 spiro atoms. The zero-order valence-electron chi connectivity index (χ0n) is 15.7. The lowest BCUT2D eigenvalue weighted by Crippen LogP contribution is -2.12. The Bertz CT molecular complexity index is 967.